The molecule has 1 aliphatic rings. The maximum Gasteiger partial charge on any atom is 0.459 e. The van der Waals surface area contributed by atoms with Gasteiger partial charge < -0.3 is 24.8 Å². The first-order chi connectivity index (χ1) is 18.8. The molecule has 0 bridgehead atoms. The first-order valence-electron chi connectivity index (χ1n) is 12.3. The first kappa shape index (κ1) is 29.6. The maximum absolute atomic E-state index is 15.0. The molecular formula is C25H29F2N4O8P. The number of fused-ring (bicyclic) bond motifs is 1. The summed E-state index contributed by atoms with van der Waals surface area (Å²) in [6, 6.07) is 11.9. The molecule has 0 amide bonds. The van der Waals surface area contributed by atoms with E-state index in [4.69, 9.17) is 24.3 Å². The quantitative estimate of drug-likeness (QED) is 0.238. The van der Waals surface area contributed by atoms with Crippen molar-refractivity contribution in [3.8, 4) is 5.75 Å². The fourth-order valence-corrected chi connectivity index (χ4v) is 5.52. The van der Waals surface area contributed by atoms with Gasteiger partial charge in [0, 0.05) is 11.6 Å². The number of nitrogens with one attached hydrogen (secondary N) is 1. The number of aliphatic hydroxyl groups is 1. The van der Waals surface area contributed by atoms with Crippen LogP contribution in [0.3, 0.4) is 0 Å². The number of nitrogen functional groups attached to an aromatic ring is 1. The normalized spacial score (nSPS) is 22.6. The third-order valence-electron chi connectivity index (χ3n) is 5.92. The zero-order valence-electron chi connectivity index (χ0n) is 21.8. The molecule has 0 spiro atoms. The second-order valence-corrected chi connectivity index (χ2v) is 11.1. The van der Waals surface area contributed by atoms with E-state index in [1.54, 1.807) is 50.2 Å². The molecule has 0 radical (unpaired) electrons. The Morgan fingerprint density at radius 3 is 2.62 bits per heavy atom. The minimum Gasteiger partial charge on any atom is -0.462 e. The molecule has 4 N–H and O–H groups in total. The number of alkyl halides is 2. The molecule has 5 atom stereocenters. The smallest absolute Gasteiger partial charge is 0.459 e. The molecule has 1 aliphatic heterocycles. The van der Waals surface area contributed by atoms with Crippen LogP contribution in [0.2, 0.25) is 0 Å². The number of benzene rings is 2. The number of halogens is 2. The largest absolute Gasteiger partial charge is 0.462 e. The number of anilines is 1. The highest BCUT2D eigenvalue weighted by atomic mass is 31.2. The van der Waals surface area contributed by atoms with Crippen LogP contribution in [-0.2, 0) is 23.4 Å². The van der Waals surface area contributed by atoms with Crippen LogP contribution in [0.25, 0.3) is 10.8 Å². The Morgan fingerprint density at radius 2 is 1.93 bits per heavy atom. The molecule has 2 aromatic carbocycles. The fraction of sp³-hybridized carbons (Fsp3) is 0.400. The molecule has 1 saturated heterocycles. The zero-order valence-corrected chi connectivity index (χ0v) is 22.7. The average molecular weight is 582 g/mol. The van der Waals surface area contributed by atoms with Crippen LogP contribution in [0.4, 0.5) is 14.6 Å². The van der Waals surface area contributed by atoms with Crippen molar-refractivity contribution in [1.82, 2.24) is 14.6 Å². The van der Waals surface area contributed by atoms with Crippen LogP contribution in [0.1, 0.15) is 27.0 Å². The summed E-state index contributed by atoms with van der Waals surface area (Å²) >= 11 is 0. The summed E-state index contributed by atoms with van der Waals surface area (Å²) in [6.07, 6.45) is -5.98. The summed E-state index contributed by atoms with van der Waals surface area (Å²) in [5.41, 5.74) is 4.30. The van der Waals surface area contributed by atoms with Crippen molar-refractivity contribution in [2.45, 2.75) is 57.3 Å². The average Bonchev–Trinajstić information content (AvgIpc) is 3.11. The van der Waals surface area contributed by atoms with Crippen molar-refractivity contribution in [1.29, 1.82) is 0 Å². The summed E-state index contributed by atoms with van der Waals surface area (Å²) in [4.78, 5) is 28.0. The van der Waals surface area contributed by atoms with Crippen molar-refractivity contribution >= 4 is 30.3 Å². The van der Waals surface area contributed by atoms with Crippen LogP contribution >= 0.6 is 7.75 Å². The van der Waals surface area contributed by atoms with Crippen LogP contribution in [0.15, 0.2) is 59.5 Å². The van der Waals surface area contributed by atoms with Gasteiger partial charge in [-0.25, -0.2) is 9.36 Å². The number of carbonyl (C=O) groups excluding carboxylic acids is 1. The fourth-order valence-electron chi connectivity index (χ4n) is 4.00. The standard InChI is InChI=1S/C25H29F2N4O8P/c1-14(2)37-22(33)15(3)30-40(35,39-18-10-6-8-16-7-4-5-9-17(16)18)36-13-19-21(32)25(26,27)23(38-19)31-12-11-20(28)29-24(31)34/h4-12,14-15,19,21,23,32H,13H2,1-3H3,(H,30,35)(H2,28,29,34)/t15-,19+,21-,23+,40?/m0/s1. The van der Waals surface area contributed by atoms with E-state index < -0.39 is 62.5 Å². The Morgan fingerprint density at radius 1 is 1.23 bits per heavy atom. The molecule has 1 fully saturated rings. The molecule has 0 aliphatic carbocycles. The van der Waals surface area contributed by atoms with Gasteiger partial charge in [0.25, 0.3) is 0 Å². The van der Waals surface area contributed by atoms with Crippen LogP contribution < -0.4 is 21.0 Å². The van der Waals surface area contributed by atoms with Crippen molar-refractivity contribution in [2.24, 2.45) is 0 Å². The van der Waals surface area contributed by atoms with Gasteiger partial charge in [0.2, 0.25) is 6.23 Å². The predicted molar refractivity (Wildman–Crippen MR) is 140 cm³/mol. The Labute approximate surface area is 227 Å². The van der Waals surface area contributed by atoms with Gasteiger partial charge in [-0.3, -0.25) is 13.9 Å². The Kier molecular flexibility index (Phi) is 8.57. The van der Waals surface area contributed by atoms with Gasteiger partial charge in [0.15, 0.2) is 6.10 Å². The minimum atomic E-state index is -4.51. The Balaban J connectivity index is 1.59. The number of carbonyl (C=O) groups is 1. The highest BCUT2D eigenvalue weighted by Crippen LogP contribution is 2.49. The molecule has 12 nitrogen and oxygen atoms in total. The van der Waals surface area contributed by atoms with Gasteiger partial charge in [0.1, 0.15) is 23.7 Å². The molecule has 15 heteroatoms. The number of nitrogens with zero attached hydrogens (tertiary/aromatic N) is 2. The second kappa shape index (κ2) is 11.6. The lowest BCUT2D eigenvalue weighted by Gasteiger charge is -2.25. The third kappa shape index (κ3) is 6.31. The van der Waals surface area contributed by atoms with E-state index >= 15 is 0 Å². The SMILES string of the molecule is CC(C)OC(=O)[C@H](C)NP(=O)(OC[C@H]1O[C@@H](n2ccc(N)nc2=O)C(F)(F)[C@H]1O)Oc1cccc2ccccc12. The van der Waals surface area contributed by atoms with Crippen LogP contribution in [-0.4, -0.2) is 57.5 Å². The van der Waals surface area contributed by atoms with Gasteiger partial charge in [-0.15, -0.1) is 0 Å². The highest BCUT2D eigenvalue weighted by Gasteiger charge is 2.60. The Bertz CT molecular complexity index is 1480. The number of aliphatic hydroxyl groups excluding tert-OH is 1. The summed E-state index contributed by atoms with van der Waals surface area (Å²) in [7, 11) is -4.51. The lowest BCUT2D eigenvalue weighted by molar-refractivity contribution is -0.149. The first-order valence-corrected chi connectivity index (χ1v) is 13.8. The van der Waals surface area contributed by atoms with Gasteiger partial charge in [-0.2, -0.15) is 18.9 Å². The zero-order chi connectivity index (χ0) is 29.2. The number of hydrogen-bond donors (Lipinski definition) is 3. The monoisotopic (exact) mass is 582 g/mol. The number of rotatable bonds is 10. The number of nitrogens with two attached hydrogens (primary N) is 1. The predicted octanol–water partition coefficient (Wildman–Crippen LogP) is 3.01. The summed E-state index contributed by atoms with van der Waals surface area (Å²) in [5, 5.41) is 14.1. The number of ether oxygens (including phenoxy) is 2. The van der Waals surface area contributed by atoms with Gasteiger partial charge in [-0.1, -0.05) is 36.4 Å². The lowest BCUT2D eigenvalue weighted by atomic mass is 10.1. The van der Waals surface area contributed by atoms with E-state index in [-0.39, 0.29) is 11.6 Å². The van der Waals surface area contributed by atoms with E-state index in [1.165, 1.54) is 13.0 Å². The number of hydrogen-bond acceptors (Lipinski definition) is 10. The van der Waals surface area contributed by atoms with E-state index in [2.05, 4.69) is 10.1 Å². The molecule has 40 heavy (non-hydrogen) atoms. The van der Waals surface area contributed by atoms with Gasteiger partial charge in [0.05, 0.1) is 12.7 Å². The number of aromatic nitrogens is 2. The topological polar surface area (TPSA) is 164 Å². The lowest BCUT2D eigenvalue weighted by Crippen LogP contribution is -2.42. The molecular weight excluding hydrogens is 553 g/mol. The molecule has 4 rings (SSSR count). The summed E-state index contributed by atoms with van der Waals surface area (Å²) in [6.45, 7) is 3.75. The molecule has 2 heterocycles. The van der Waals surface area contributed by atoms with Crippen LogP contribution in [0, 0.1) is 0 Å². The van der Waals surface area contributed by atoms with Crippen molar-refractivity contribution < 1.29 is 41.8 Å². The van der Waals surface area contributed by atoms with E-state index in [1.807, 2.05) is 0 Å². The van der Waals surface area contributed by atoms with E-state index in [0.717, 1.165) is 17.6 Å². The second-order valence-electron chi connectivity index (χ2n) is 9.39. The third-order valence-corrected chi connectivity index (χ3v) is 7.55. The molecule has 216 valence electrons. The highest BCUT2D eigenvalue weighted by molar-refractivity contribution is 7.52. The molecule has 3 aromatic rings. The van der Waals surface area contributed by atoms with Crippen molar-refractivity contribution in [3.63, 3.8) is 0 Å². The van der Waals surface area contributed by atoms with Crippen molar-refractivity contribution in [3.05, 3.63) is 65.2 Å². The number of esters is 1. The molecule has 1 unspecified atom stereocenters. The van der Waals surface area contributed by atoms with E-state index in [9.17, 15) is 28.0 Å². The summed E-state index contributed by atoms with van der Waals surface area (Å²) < 4.78 is 66.0. The minimum absolute atomic E-state index is 0.119. The Hall–Kier alpha value is -3.42. The van der Waals surface area contributed by atoms with Gasteiger partial charge in [-0.05, 0) is 38.3 Å². The van der Waals surface area contributed by atoms with Crippen LogP contribution in [0.5, 0.6) is 5.75 Å². The van der Waals surface area contributed by atoms with Gasteiger partial charge >= 0.3 is 25.3 Å². The molecule has 0 saturated carbocycles. The van der Waals surface area contributed by atoms with Crippen molar-refractivity contribution in [2.75, 3.05) is 12.3 Å². The molecule has 1 aromatic heterocycles. The maximum atomic E-state index is 15.0. The summed E-state index contributed by atoms with van der Waals surface area (Å²) in [5.74, 6) is -4.79. The van der Waals surface area contributed by atoms with E-state index in [0.29, 0.717) is 9.95 Å².